The number of carbonyl (C=O) groups is 1. The van der Waals surface area contributed by atoms with E-state index in [1.165, 1.54) is 11.3 Å². The lowest BCUT2D eigenvalue weighted by Crippen LogP contribution is -2.31. The number of carbonyl (C=O) groups excluding carboxylic acids is 1. The summed E-state index contributed by atoms with van der Waals surface area (Å²) in [6.07, 6.45) is 0. The molecule has 0 bridgehead atoms. The maximum Gasteiger partial charge on any atom is 0.325 e. The number of thioether (sulfide) groups is 1. The molecule has 6 heteroatoms. The van der Waals surface area contributed by atoms with Gasteiger partial charge in [0.1, 0.15) is 0 Å². The lowest BCUT2D eigenvalue weighted by molar-refractivity contribution is 0.256. The van der Waals surface area contributed by atoms with E-state index in [0.717, 1.165) is 17.3 Å². The molecule has 1 aromatic heterocycles. The molecule has 1 aliphatic heterocycles. The van der Waals surface area contributed by atoms with E-state index in [1.54, 1.807) is 11.8 Å². The van der Waals surface area contributed by atoms with Crippen LogP contribution in [0.4, 0.5) is 9.80 Å². The summed E-state index contributed by atoms with van der Waals surface area (Å²) in [5.74, 6) is 0.953. The zero-order valence-corrected chi connectivity index (χ0v) is 8.95. The monoisotopic (exact) mass is 227 g/mol. The molecule has 74 valence electrons. The fraction of sp³-hybridized carbons (Fsp3) is 0.250. The van der Waals surface area contributed by atoms with Crippen molar-refractivity contribution in [2.75, 3.05) is 17.6 Å². The van der Waals surface area contributed by atoms with Crippen LogP contribution in [0.1, 0.15) is 0 Å². The van der Waals surface area contributed by atoms with Crippen molar-refractivity contribution in [1.29, 1.82) is 0 Å². The summed E-state index contributed by atoms with van der Waals surface area (Å²) in [6.45, 7) is 0.791. The number of amides is 2. The summed E-state index contributed by atoms with van der Waals surface area (Å²) < 4.78 is 0. The van der Waals surface area contributed by atoms with Crippen LogP contribution in [0.2, 0.25) is 0 Å². The van der Waals surface area contributed by atoms with E-state index in [4.69, 9.17) is 0 Å². The molecule has 0 aliphatic carbocycles. The third-order valence-electron chi connectivity index (χ3n) is 1.56. The standard InChI is InChI=1S/C8H9N3OS2/c12-7(10-6-2-1-4-13-6)11-8-9-3-5-14-8/h1-2,4H,3,5H2,(H2,9,10,11,12). The molecule has 1 aromatic rings. The van der Waals surface area contributed by atoms with Crippen molar-refractivity contribution >= 4 is 39.3 Å². The van der Waals surface area contributed by atoms with E-state index in [1.807, 2.05) is 17.5 Å². The van der Waals surface area contributed by atoms with E-state index < -0.39 is 0 Å². The summed E-state index contributed by atoms with van der Waals surface area (Å²) in [5, 5.41) is 8.87. The maximum absolute atomic E-state index is 11.4. The largest absolute Gasteiger partial charge is 0.325 e. The van der Waals surface area contributed by atoms with Crippen molar-refractivity contribution in [2.24, 2.45) is 4.99 Å². The normalized spacial score (nSPS) is 15.0. The number of urea groups is 1. The summed E-state index contributed by atoms with van der Waals surface area (Å²) in [7, 11) is 0. The van der Waals surface area contributed by atoms with Gasteiger partial charge in [-0.1, -0.05) is 11.8 Å². The fourth-order valence-electron chi connectivity index (χ4n) is 1.00. The van der Waals surface area contributed by atoms with E-state index in [0.29, 0.717) is 5.17 Å². The van der Waals surface area contributed by atoms with Crippen molar-refractivity contribution < 1.29 is 4.79 Å². The molecule has 0 saturated heterocycles. The maximum atomic E-state index is 11.4. The Balaban J connectivity index is 1.84. The number of nitrogens with one attached hydrogen (secondary N) is 2. The summed E-state index contributed by atoms with van der Waals surface area (Å²) in [4.78, 5) is 15.5. The van der Waals surface area contributed by atoms with Gasteiger partial charge in [0.15, 0.2) is 5.17 Å². The molecule has 0 spiro atoms. The van der Waals surface area contributed by atoms with Gasteiger partial charge in [0.05, 0.1) is 11.5 Å². The zero-order chi connectivity index (χ0) is 9.80. The van der Waals surface area contributed by atoms with Gasteiger partial charge >= 0.3 is 6.03 Å². The quantitative estimate of drug-likeness (QED) is 0.770. The highest BCUT2D eigenvalue weighted by atomic mass is 32.2. The molecular weight excluding hydrogens is 218 g/mol. The van der Waals surface area contributed by atoms with E-state index in [-0.39, 0.29) is 6.03 Å². The Labute approximate surface area is 89.8 Å². The molecule has 0 saturated carbocycles. The first-order valence-electron chi connectivity index (χ1n) is 4.13. The fourth-order valence-corrected chi connectivity index (χ4v) is 2.34. The Morgan fingerprint density at radius 3 is 3.07 bits per heavy atom. The summed E-state index contributed by atoms with van der Waals surface area (Å²) in [5.41, 5.74) is 0. The predicted molar refractivity (Wildman–Crippen MR) is 61.2 cm³/mol. The second kappa shape index (κ2) is 4.47. The lowest BCUT2D eigenvalue weighted by atomic mass is 10.6. The molecular formula is C8H9N3OS2. The molecule has 0 unspecified atom stereocenters. The van der Waals surface area contributed by atoms with Crippen LogP contribution in [-0.4, -0.2) is 23.5 Å². The van der Waals surface area contributed by atoms with Crippen molar-refractivity contribution in [2.45, 2.75) is 0 Å². The number of anilines is 1. The van der Waals surface area contributed by atoms with Gasteiger partial charge < -0.3 is 0 Å². The van der Waals surface area contributed by atoms with Crippen molar-refractivity contribution in [3.8, 4) is 0 Å². The van der Waals surface area contributed by atoms with E-state index in [9.17, 15) is 4.79 Å². The van der Waals surface area contributed by atoms with Gasteiger partial charge in [0.25, 0.3) is 0 Å². The van der Waals surface area contributed by atoms with Crippen LogP contribution in [0.15, 0.2) is 22.5 Å². The molecule has 14 heavy (non-hydrogen) atoms. The van der Waals surface area contributed by atoms with Gasteiger partial charge in [-0.05, 0) is 17.5 Å². The zero-order valence-electron chi connectivity index (χ0n) is 7.32. The molecule has 0 radical (unpaired) electrons. The Bertz CT molecular complexity index is 347. The van der Waals surface area contributed by atoms with Gasteiger partial charge in [-0.15, -0.1) is 11.3 Å². The molecule has 2 N–H and O–H groups in total. The lowest BCUT2D eigenvalue weighted by Gasteiger charge is -2.03. The van der Waals surface area contributed by atoms with Crippen molar-refractivity contribution in [3.63, 3.8) is 0 Å². The number of thiophene rings is 1. The third-order valence-corrected chi connectivity index (χ3v) is 3.24. The highest BCUT2D eigenvalue weighted by molar-refractivity contribution is 8.14. The molecule has 0 atom stereocenters. The van der Waals surface area contributed by atoms with Crippen molar-refractivity contribution in [3.05, 3.63) is 17.5 Å². The average molecular weight is 227 g/mol. The Kier molecular flexibility index (Phi) is 3.05. The Morgan fingerprint density at radius 1 is 1.50 bits per heavy atom. The van der Waals surface area contributed by atoms with Crippen LogP contribution in [-0.2, 0) is 0 Å². The van der Waals surface area contributed by atoms with Gasteiger partial charge in [0.2, 0.25) is 0 Å². The molecule has 2 rings (SSSR count). The van der Waals surface area contributed by atoms with Crippen LogP contribution in [0, 0.1) is 0 Å². The number of hydrogen-bond donors (Lipinski definition) is 2. The van der Waals surface area contributed by atoms with Crippen molar-refractivity contribution in [1.82, 2.24) is 5.32 Å². The van der Waals surface area contributed by atoms with Crippen LogP contribution < -0.4 is 10.6 Å². The topological polar surface area (TPSA) is 53.5 Å². The third kappa shape index (κ3) is 2.49. The Morgan fingerprint density at radius 2 is 2.43 bits per heavy atom. The van der Waals surface area contributed by atoms with E-state index >= 15 is 0 Å². The van der Waals surface area contributed by atoms with Crippen LogP contribution >= 0.6 is 23.1 Å². The van der Waals surface area contributed by atoms with E-state index in [2.05, 4.69) is 15.6 Å². The van der Waals surface area contributed by atoms with Crippen LogP contribution in [0.25, 0.3) is 0 Å². The number of nitrogens with zero attached hydrogens (tertiary/aromatic N) is 1. The smallest absolute Gasteiger partial charge is 0.299 e. The van der Waals surface area contributed by atoms with Crippen LogP contribution in [0.3, 0.4) is 0 Å². The first-order chi connectivity index (χ1) is 6.84. The predicted octanol–water partition coefficient (Wildman–Crippen LogP) is 1.97. The molecule has 1 aliphatic rings. The second-order valence-corrected chi connectivity index (χ2v) is 4.62. The van der Waals surface area contributed by atoms with Gasteiger partial charge in [-0.3, -0.25) is 15.6 Å². The summed E-state index contributed by atoms with van der Waals surface area (Å²) in [6, 6.07) is 3.52. The first-order valence-corrected chi connectivity index (χ1v) is 6.00. The minimum atomic E-state index is -0.222. The summed E-state index contributed by atoms with van der Waals surface area (Å²) >= 11 is 3.06. The molecule has 4 nitrogen and oxygen atoms in total. The average Bonchev–Trinajstić information content (AvgIpc) is 2.76. The molecule has 0 aromatic carbocycles. The highest BCUT2D eigenvalue weighted by Crippen LogP contribution is 2.15. The molecule has 0 fully saturated rings. The minimum absolute atomic E-state index is 0.222. The van der Waals surface area contributed by atoms with Gasteiger partial charge in [0, 0.05) is 5.75 Å². The number of aliphatic imine (C=N–C) groups is 1. The number of rotatable bonds is 1. The molecule has 2 heterocycles. The Hall–Kier alpha value is -1.01. The first kappa shape index (κ1) is 9.54. The number of hydrogen-bond acceptors (Lipinski definition) is 4. The van der Waals surface area contributed by atoms with Crippen LogP contribution in [0.5, 0.6) is 0 Å². The van der Waals surface area contributed by atoms with Gasteiger partial charge in [-0.25, -0.2) is 4.79 Å². The highest BCUT2D eigenvalue weighted by Gasteiger charge is 2.10. The van der Waals surface area contributed by atoms with Gasteiger partial charge in [-0.2, -0.15) is 0 Å². The minimum Gasteiger partial charge on any atom is -0.299 e. The number of amidine groups is 1. The SMILES string of the molecule is O=C(NC1=NCCS1)Nc1cccs1. The molecule has 2 amide bonds. The second-order valence-electron chi connectivity index (χ2n) is 2.59.